The number of nitrogens with zero attached hydrogens (tertiary/aromatic N) is 4. The zero-order valence-electron chi connectivity index (χ0n) is 14.1. The maximum absolute atomic E-state index is 12.3. The number of anilines is 1. The Balaban J connectivity index is 1.71. The van der Waals surface area contributed by atoms with Gasteiger partial charge in [0, 0.05) is 17.1 Å². The van der Waals surface area contributed by atoms with Crippen LogP contribution in [0.3, 0.4) is 0 Å². The second-order valence-corrected chi connectivity index (χ2v) is 5.74. The lowest BCUT2D eigenvalue weighted by atomic mass is 10.2. The first-order chi connectivity index (χ1) is 11.9. The number of fused-ring (bicyclic) bond motifs is 1. The van der Waals surface area contributed by atoms with Crippen molar-refractivity contribution in [1.82, 2.24) is 24.9 Å². The van der Waals surface area contributed by atoms with Gasteiger partial charge in [0.2, 0.25) is 11.7 Å². The zero-order valence-corrected chi connectivity index (χ0v) is 14.1. The Morgan fingerprint density at radius 1 is 1.12 bits per heavy atom. The van der Waals surface area contributed by atoms with Gasteiger partial charge in [-0.3, -0.25) is 9.59 Å². The predicted molar refractivity (Wildman–Crippen MR) is 92.3 cm³/mol. The molecule has 1 aromatic carbocycles. The van der Waals surface area contributed by atoms with Crippen LogP contribution in [0.4, 0.5) is 5.69 Å². The SMILES string of the molecule is Cc1cc(C)n2nc(C(=O)NC(C)C(=O)Nc3ccccc3)nc2n1. The van der Waals surface area contributed by atoms with Crippen molar-refractivity contribution in [2.75, 3.05) is 5.32 Å². The van der Waals surface area contributed by atoms with Gasteiger partial charge in [-0.25, -0.2) is 9.50 Å². The summed E-state index contributed by atoms with van der Waals surface area (Å²) in [6.07, 6.45) is 0. The average Bonchev–Trinajstić information content (AvgIpc) is 3.00. The van der Waals surface area contributed by atoms with Gasteiger partial charge in [0.05, 0.1) is 0 Å². The highest BCUT2D eigenvalue weighted by atomic mass is 16.2. The van der Waals surface area contributed by atoms with Gasteiger partial charge in [-0.2, -0.15) is 4.98 Å². The molecule has 1 unspecified atom stereocenters. The molecule has 8 nitrogen and oxygen atoms in total. The number of hydrogen-bond acceptors (Lipinski definition) is 5. The standard InChI is InChI=1S/C17H18N6O2/c1-10-9-11(2)23-17(18-10)21-14(22-23)16(25)19-12(3)15(24)20-13-7-5-4-6-8-13/h4-9,12H,1-3H3,(H,19,25)(H,20,24). The number of carbonyl (C=O) groups is 2. The van der Waals surface area contributed by atoms with Gasteiger partial charge in [-0.1, -0.05) is 18.2 Å². The van der Waals surface area contributed by atoms with E-state index in [0.29, 0.717) is 11.5 Å². The van der Waals surface area contributed by atoms with Crippen LogP contribution in [0.25, 0.3) is 5.78 Å². The second-order valence-electron chi connectivity index (χ2n) is 5.74. The van der Waals surface area contributed by atoms with Crippen LogP contribution in [0.5, 0.6) is 0 Å². The summed E-state index contributed by atoms with van der Waals surface area (Å²) in [6.45, 7) is 5.30. The van der Waals surface area contributed by atoms with Crippen LogP contribution in [-0.4, -0.2) is 37.4 Å². The average molecular weight is 338 g/mol. The van der Waals surface area contributed by atoms with E-state index in [0.717, 1.165) is 11.4 Å². The summed E-state index contributed by atoms with van der Waals surface area (Å²) in [5.74, 6) is -0.531. The third-order valence-electron chi connectivity index (χ3n) is 3.60. The number of aryl methyl sites for hydroxylation is 2. The number of nitrogens with one attached hydrogen (secondary N) is 2. The van der Waals surface area contributed by atoms with Gasteiger partial charge in [0.15, 0.2) is 0 Å². The summed E-state index contributed by atoms with van der Waals surface area (Å²) >= 11 is 0. The van der Waals surface area contributed by atoms with Gasteiger partial charge in [0.1, 0.15) is 6.04 Å². The minimum atomic E-state index is -0.741. The van der Waals surface area contributed by atoms with Crippen molar-refractivity contribution < 1.29 is 9.59 Å². The lowest BCUT2D eigenvalue weighted by molar-refractivity contribution is -0.117. The Morgan fingerprint density at radius 2 is 1.84 bits per heavy atom. The Labute approximate surface area is 144 Å². The van der Waals surface area contributed by atoms with Crippen molar-refractivity contribution >= 4 is 23.3 Å². The molecule has 8 heteroatoms. The molecule has 128 valence electrons. The van der Waals surface area contributed by atoms with E-state index in [9.17, 15) is 9.59 Å². The molecule has 25 heavy (non-hydrogen) atoms. The van der Waals surface area contributed by atoms with Gasteiger partial charge in [-0.15, -0.1) is 5.10 Å². The molecule has 2 heterocycles. The summed E-state index contributed by atoms with van der Waals surface area (Å²) in [5, 5.41) is 9.47. The fraction of sp³-hybridized carbons (Fsp3) is 0.235. The molecule has 2 aromatic heterocycles. The lowest BCUT2D eigenvalue weighted by Gasteiger charge is -2.12. The second kappa shape index (κ2) is 6.68. The molecule has 0 aliphatic carbocycles. The smallest absolute Gasteiger partial charge is 0.291 e. The van der Waals surface area contributed by atoms with E-state index in [-0.39, 0.29) is 11.7 Å². The number of aromatic nitrogens is 4. The molecule has 1 atom stereocenters. The number of rotatable bonds is 4. The number of amides is 2. The van der Waals surface area contributed by atoms with E-state index in [1.165, 1.54) is 4.52 Å². The molecule has 0 radical (unpaired) electrons. The van der Waals surface area contributed by atoms with Crippen molar-refractivity contribution in [2.45, 2.75) is 26.8 Å². The maximum atomic E-state index is 12.3. The van der Waals surface area contributed by atoms with Crippen LogP contribution >= 0.6 is 0 Å². The van der Waals surface area contributed by atoms with Crippen LogP contribution in [0.1, 0.15) is 28.9 Å². The molecular weight excluding hydrogens is 320 g/mol. The van der Waals surface area contributed by atoms with Crippen LogP contribution in [0, 0.1) is 13.8 Å². The molecule has 2 amide bonds. The molecule has 0 spiro atoms. The van der Waals surface area contributed by atoms with E-state index in [4.69, 9.17) is 0 Å². The maximum Gasteiger partial charge on any atom is 0.291 e. The fourth-order valence-electron chi connectivity index (χ4n) is 2.36. The van der Waals surface area contributed by atoms with Crippen LogP contribution in [0.2, 0.25) is 0 Å². The van der Waals surface area contributed by atoms with E-state index in [1.807, 2.05) is 38.1 Å². The summed E-state index contributed by atoms with van der Waals surface area (Å²) in [4.78, 5) is 32.9. The number of benzene rings is 1. The van der Waals surface area contributed by atoms with E-state index >= 15 is 0 Å². The van der Waals surface area contributed by atoms with E-state index in [1.54, 1.807) is 19.1 Å². The quantitative estimate of drug-likeness (QED) is 0.751. The summed E-state index contributed by atoms with van der Waals surface area (Å²) in [5.41, 5.74) is 2.28. The topological polar surface area (TPSA) is 101 Å². The fourth-order valence-corrected chi connectivity index (χ4v) is 2.36. The first kappa shape index (κ1) is 16.6. The Morgan fingerprint density at radius 3 is 2.56 bits per heavy atom. The molecule has 0 aliphatic heterocycles. The molecule has 0 bridgehead atoms. The first-order valence-corrected chi connectivity index (χ1v) is 7.82. The summed E-state index contributed by atoms with van der Waals surface area (Å²) < 4.78 is 1.50. The highest BCUT2D eigenvalue weighted by molar-refractivity contribution is 5.99. The zero-order chi connectivity index (χ0) is 18.0. The monoisotopic (exact) mass is 338 g/mol. The van der Waals surface area contributed by atoms with Crippen LogP contribution in [0.15, 0.2) is 36.4 Å². The Hall–Kier alpha value is -3.29. The third-order valence-corrected chi connectivity index (χ3v) is 3.60. The Kier molecular flexibility index (Phi) is 4.42. The minimum absolute atomic E-state index is 0.0273. The number of carbonyl (C=O) groups excluding carboxylic acids is 2. The highest BCUT2D eigenvalue weighted by Crippen LogP contribution is 2.07. The largest absolute Gasteiger partial charge is 0.338 e. The molecular formula is C17H18N6O2. The lowest BCUT2D eigenvalue weighted by Crippen LogP contribution is -2.42. The molecule has 0 saturated heterocycles. The predicted octanol–water partition coefficient (Wildman–Crippen LogP) is 1.50. The first-order valence-electron chi connectivity index (χ1n) is 7.82. The van der Waals surface area contributed by atoms with E-state index in [2.05, 4.69) is 25.7 Å². The molecule has 3 rings (SSSR count). The van der Waals surface area contributed by atoms with Gasteiger partial charge >= 0.3 is 0 Å². The van der Waals surface area contributed by atoms with Crippen molar-refractivity contribution in [1.29, 1.82) is 0 Å². The van der Waals surface area contributed by atoms with Gasteiger partial charge < -0.3 is 10.6 Å². The number of hydrogen-bond donors (Lipinski definition) is 2. The highest BCUT2D eigenvalue weighted by Gasteiger charge is 2.20. The molecule has 0 fully saturated rings. The van der Waals surface area contributed by atoms with Crippen LogP contribution < -0.4 is 10.6 Å². The van der Waals surface area contributed by atoms with Crippen molar-refractivity contribution in [2.24, 2.45) is 0 Å². The van der Waals surface area contributed by atoms with E-state index < -0.39 is 11.9 Å². The summed E-state index contributed by atoms with van der Waals surface area (Å²) in [7, 11) is 0. The normalized spacial score (nSPS) is 12.0. The Bertz CT molecular complexity index is 935. The molecule has 0 saturated carbocycles. The van der Waals surface area contributed by atoms with Crippen molar-refractivity contribution in [3.05, 3.63) is 53.6 Å². The van der Waals surface area contributed by atoms with Gasteiger partial charge in [0.25, 0.3) is 11.7 Å². The van der Waals surface area contributed by atoms with Crippen LogP contribution in [-0.2, 0) is 4.79 Å². The van der Waals surface area contributed by atoms with Crippen molar-refractivity contribution in [3.63, 3.8) is 0 Å². The van der Waals surface area contributed by atoms with Gasteiger partial charge in [-0.05, 0) is 39.0 Å². The third kappa shape index (κ3) is 3.63. The van der Waals surface area contributed by atoms with Crippen molar-refractivity contribution in [3.8, 4) is 0 Å². The molecule has 3 aromatic rings. The number of para-hydroxylation sites is 1. The molecule has 2 N–H and O–H groups in total. The minimum Gasteiger partial charge on any atom is -0.338 e. The molecule has 0 aliphatic rings. The summed E-state index contributed by atoms with van der Waals surface area (Å²) in [6, 6.07) is 10.1.